The molecular formula is C17H17N3O2S. The molecule has 0 spiro atoms. The second-order valence-electron chi connectivity index (χ2n) is 5.29. The van der Waals surface area contributed by atoms with Crippen LogP contribution in [0.1, 0.15) is 26.5 Å². The highest BCUT2D eigenvalue weighted by Gasteiger charge is 2.30. The van der Waals surface area contributed by atoms with Gasteiger partial charge in [0.15, 0.2) is 5.92 Å². The van der Waals surface area contributed by atoms with Crippen LogP contribution in [-0.4, -0.2) is 23.7 Å². The lowest BCUT2D eigenvalue weighted by atomic mass is 10.0. The monoisotopic (exact) mass is 327 g/mol. The number of ketones is 1. The molecule has 0 radical (unpaired) electrons. The Bertz CT molecular complexity index is 818. The quantitative estimate of drug-likeness (QED) is 0.691. The van der Waals surface area contributed by atoms with Crippen molar-refractivity contribution in [1.29, 1.82) is 5.26 Å². The molecule has 0 saturated heterocycles. The van der Waals surface area contributed by atoms with E-state index in [4.69, 9.17) is 5.26 Å². The molecule has 0 unspecified atom stereocenters. The largest absolute Gasteiger partial charge is 0.358 e. The van der Waals surface area contributed by atoms with Gasteiger partial charge >= 0.3 is 0 Å². The Kier molecular flexibility index (Phi) is 4.92. The number of thiazole rings is 1. The van der Waals surface area contributed by atoms with Gasteiger partial charge in [0, 0.05) is 12.6 Å². The first-order valence-corrected chi connectivity index (χ1v) is 7.91. The molecule has 0 aliphatic rings. The number of rotatable bonds is 4. The van der Waals surface area contributed by atoms with E-state index in [9.17, 15) is 9.59 Å². The first kappa shape index (κ1) is 16.8. The molecule has 0 bridgehead atoms. The molecule has 0 saturated carbocycles. The van der Waals surface area contributed by atoms with Gasteiger partial charge in [0.2, 0.25) is 11.7 Å². The summed E-state index contributed by atoms with van der Waals surface area (Å²) in [6.07, 6.45) is 0. The van der Waals surface area contributed by atoms with Gasteiger partial charge in [-0.15, -0.1) is 11.3 Å². The molecule has 0 aliphatic heterocycles. The van der Waals surface area contributed by atoms with Crippen molar-refractivity contribution in [2.45, 2.75) is 20.8 Å². The number of carbonyl (C=O) groups is 2. The highest BCUT2D eigenvalue weighted by molar-refractivity contribution is 7.17. The zero-order chi connectivity index (χ0) is 17.1. The molecule has 1 N–H and O–H groups in total. The summed E-state index contributed by atoms with van der Waals surface area (Å²) in [5.74, 6) is -2.44. The van der Waals surface area contributed by atoms with Crippen molar-refractivity contribution in [3.8, 4) is 16.6 Å². The number of Topliss-reactive ketones (excluding diaryl/α,β-unsaturated/α-hetero) is 1. The molecule has 6 heteroatoms. The molecule has 1 atom stereocenters. The molecule has 0 aliphatic carbocycles. The lowest BCUT2D eigenvalue weighted by molar-refractivity contribution is -0.121. The number of hydrogen-bond acceptors (Lipinski definition) is 5. The summed E-state index contributed by atoms with van der Waals surface area (Å²) >= 11 is 1.22. The fourth-order valence-corrected chi connectivity index (χ4v) is 3.43. The van der Waals surface area contributed by atoms with Crippen LogP contribution >= 0.6 is 11.3 Å². The van der Waals surface area contributed by atoms with E-state index >= 15 is 0 Å². The van der Waals surface area contributed by atoms with Crippen LogP contribution in [0.2, 0.25) is 0 Å². The van der Waals surface area contributed by atoms with Crippen molar-refractivity contribution in [3.05, 3.63) is 39.9 Å². The molecule has 2 aromatic rings. The molecule has 1 aromatic heterocycles. The topological polar surface area (TPSA) is 82.9 Å². The van der Waals surface area contributed by atoms with Crippen molar-refractivity contribution in [2.24, 2.45) is 5.92 Å². The Labute approximate surface area is 139 Å². The van der Waals surface area contributed by atoms with Gasteiger partial charge in [-0.05, 0) is 26.3 Å². The van der Waals surface area contributed by atoms with Crippen LogP contribution in [0.15, 0.2) is 18.2 Å². The fourth-order valence-electron chi connectivity index (χ4n) is 2.31. The number of nitriles is 1. The predicted octanol–water partition coefficient (Wildman–Crippen LogP) is 2.80. The third-order valence-electron chi connectivity index (χ3n) is 3.53. The third-order valence-corrected chi connectivity index (χ3v) is 4.74. The zero-order valence-corrected chi connectivity index (χ0v) is 14.2. The van der Waals surface area contributed by atoms with Crippen LogP contribution in [0.3, 0.4) is 0 Å². The van der Waals surface area contributed by atoms with E-state index in [1.807, 2.05) is 26.0 Å². The number of nitrogens with zero attached hydrogens (tertiary/aromatic N) is 2. The molecule has 1 aromatic carbocycles. The van der Waals surface area contributed by atoms with Crippen molar-refractivity contribution in [3.63, 3.8) is 0 Å². The second kappa shape index (κ2) is 6.71. The Morgan fingerprint density at radius 2 is 2.00 bits per heavy atom. The zero-order valence-electron chi connectivity index (χ0n) is 13.4. The van der Waals surface area contributed by atoms with E-state index in [2.05, 4.69) is 16.4 Å². The van der Waals surface area contributed by atoms with Crippen LogP contribution < -0.4 is 5.32 Å². The number of aromatic nitrogens is 1. The molecular weight excluding hydrogens is 310 g/mol. The maximum absolute atomic E-state index is 12.5. The second-order valence-corrected chi connectivity index (χ2v) is 6.29. The van der Waals surface area contributed by atoms with Crippen LogP contribution in [0.5, 0.6) is 0 Å². The minimum absolute atomic E-state index is 0.357. The first-order valence-electron chi connectivity index (χ1n) is 7.09. The van der Waals surface area contributed by atoms with E-state index < -0.39 is 17.6 Å². The van der Waals surface area contributed by atoms with E-state index in [1.165, 1.54) is 18.4 Å². The summed E-state index contributed by atoms with van der Waals surface area (Å²) < 4.78 is 0. The van der Waals surface area contributed by atoms with Crippen molar-refractivity contribution < 1.29 is 9.59 Å². The standard InChI is InChI=1S/C17H17N3O2S/c1-9-5-6-12(10(2)7-9)17-20-11(3)15(23-17)14(21)13(8-18)16(22)19-4/h5-7,13H,1-4H3,(H,19,22)/t13-/m0/s1. The van der Waals surface area contributed by atoms with Gasteiger partial charge in [0.1, 0.15) is 5.01 Å². The van der Waals surface area contributed by atoms with Gasteiger partial charge in [0.05, 0.1) is 16.6 Å². The molecule has 23 heavy (non-hydrogen) atoms. The van der Waals surface area contributed by atoms with Crippen molar-refractivity contribution in [2.75, 3.05) is 7.05 Å². The molecule has 5 nitrogen and oxygen atoms in total. The molecule has 1 amide bonds. The number of carbonyl (C=O) groups excluding carboxylic acids is 2. The van der Waals surface area contributed by atoms with Crippen molar-refractivity contribution in [1.82, 2.24) is 10.3 Å². The number of nitrogens with one attached hydrogen (secondary N) is 1. The molecule has 118 valence electrons. The van der Waals surface area contributed by atoms with Gasteiger partial charge < -0.3 is 5.32 Å². The summed E-state index contributed by atoms with van der Waals surface area (Å²) in [5, 5.41) is 12.2. The average molecular weight is 327 g/mol. The first-order chi connectivity index (χ1) is 10.9. The molecule has 1 heterocycles. The lowest BCUT2D eigenvalue weighted by Gasteiger charge is -2.05. The van der Waals surface area contributed by atoms with Gasteiger partial charge in [-0.3, -0.25) is 9.59 Å². The molecule has 0 fully saturated rings. The number of aryl methyl sites for hydroxylation is 3. The van der Waals surface area contributed by atoms with Gasteiger partial charge in [-0.25, -0.2) is 4.98 Å². The van der Waals surface area contributed by atoms with E-state index in [0.29, 0.717) is 10.6 Å². The number of hydrogen-bond donors (Lipinski definition) is 1. The molecule has 2 rings (SSSR count). The van der Waals surface area contributed by atoms with E-state index in [0.717, 1.165) is 21.7 Å². The van der Waals surface area contributed by atoms with Crippen LogP contribution in [0.4, 0.5) is 0 Å². The Morgan fingerprint density at radius 3 is 2.57 bits per heavy atom. The van der Waals surface area contributed by atoms with E-state index in [-0.39, 0.29) is 0 Å². The summed E-state index contributed by atoms with van der Waals surface area (Å²) in [6.45, 7) is 5.72. The Morgan fingerprint density at radius 1 is 1.30 bits per heavy atom. The van der Waals surface area contributed by atoms with Crippen LogP contribution in [0, 0.1) is 38.0 Å². The third kappa shape index (κ3) is 3.30. The fraction of sp³-hybridized carbons (Fsp3) is 0.294. The lowest BCUT2D eigenvalue weighted by Crippen LogP contribution is -2.32. The van der Waals surface area contributed by atoms with E-state index in [1.54, 1.807) is 13.0 Å². The summed E-state index contributed by atoms with van der Waals surface area (Å²) in [6, 6.07) is 7.77. The normalized spacial score (nSPS) is 11.6. The minimum Gasteiger partial charge on any atom is -0.358 e. The Balaban J connectivity index is 2.44. The van der Waals surface area contributed by atoms with Crippen LogP contribution in [0.25, 0.3) is 10.6 Å². The highest BCUT2D eigenvalue weighted by Crippen LogP contribution is 2.31. The maximum Gasteiger partial charge on any atom is 0.245 e. The summed E-state index contributed by atoms with van der Waals surface area (Å²) in [7, 11) is 1.40. The minimum atomic E-state index is -1.34. The number of amides is 1. The summed E-state index contributed by atoms with van der Waals surface area (Å²) in [5.41, 5.74) is 3.72. The SMILES string of the molecule is CNC(=O)[C@@H](C#N)C(=O)c1sc(-c2ccc(C)cc2C)nc1C. The maximum atomic E-state index is 12.5. The average Bonchev–Trinajstić information content (AvgIpc) is 2.89. The Hall–Kier alpha value is -2.52. The van der Waals surface area contributed by atoms with Gasteiger partial charge in [0.25, 0.3) is 0 Å². The van der Waals surface area contributed by atoms with Gasteiger partial charge in [-0.2, -0.15) is 5.26 Å². The highest BCUT2D eigenvalue weighted by atomic mass is 32.1. The van der Waals surface area contributed by atoms with Crippen LogP contribution in [-0.2, 0) is 4.79 Å². The summed E-state index contributed by atoms with van der Waals surface area (Å²) in [4.78, 5) is 28.9. The predicted molar refractivity (Wildman–Crippen MR) is 89.3 cm³/mol. The van der Waals surface area contributed by atoms with Crippen molar-refractivity contribution >= 4 is 23.0 Å². The smallest absolute Gasteiger partial charge is 0.245 e. The van der Waals surface area contributed by atoms with Gasteiger partial charge in [-0.1, -0.05) is 23.8 Å². The number of benzene rings is 1.